The summed E-state index contributed by atoms with van der Waals surface area (Å²) in [6.07, 6.45) is -1.58. The Morgan fingerprint density at radius 2 is 1.90 bits per heavy atom. The fourth-order valence-corrected chi connectivity index (χ4v) is 3.31. The van der Waals surface area contributed by atoms with Crippen LogP contribution in [0.4, 0.5) is 13.2 Å². The topological polar surface area (TPSA) is 38.3 Å². The van der Waals surface area contributed by atoms with Gasteiger partial charge in [-0.1, -0.05) is 33.6 Å². The number of methoxy groups -OCH3 is 1. The maximum Gasteiger partial charge on any atom is 0.401 e. The predicted octanol–water partition coefficient (Wildman–Crippen LogP) is 3.29. The Morgan fingerprint density at radius 1 is 1.30 bits per heavy atom. The van der Waals surface area contributed by atoms with Crippen LogP contribution in [0.5, 0.6) is 0 Å². The van der Waals surface area contributed by atoms with Crippen LogP contribution in [0.25, 0.3) is 0 Å². The number of halogens is 3. The predicted molar refractivity (Wildman–Crippen MR) is 70.2 cm³/mol. The average Bonchev–Trinajstić information content (AvgIpc) is 2.33. The van der Waals surface area contributed by atoms with Gasteiger partial charge in [0.25, 0.3) is 0 Å². The van der Waals surface area contributed by atoms with Crippen LogP contribution in [-0.4, -0.2) is 31.3 Å². The van der Waals surface area contributed by atoms with Crippen LogP contribution in [-0.2, 0) is 9.53 Å². The van der Waals surface area contributed by atoms with Crippen LogP contribution >= 0.6 is 0 Å². The van der Waals surface area contributed by atoms with Gasteiger partial charge in [0.1, 0.15) is 5.54 Å². The molecule has 0 saturated heterocycles. The second-order valence-corrected chi connectivity index (χ2v) is 6.60. The minimum absolute atomic E-state index is 0.182. The molecule has 0 aliphatic heterocycles. The first kappa shape index (κ1) is 17.3. The van der Waals surface area contributed by atoms with Crippen molar-refractivity contribution in [2.24, 2.45) is 11.3 Å². The largest absolute Gasteiger partial charge is 0.468 e. The number of carbonyl (C=O) groups is 1. The van der Waals surface area contributed by atoms with Gasteiger partial charge in [-0.2, -0.15) is 13.2 Å². The van der Waals surface area contributed by atoms with E-state index in [1.165, 1.54) is 7.11 Å². The van der Waals surface area contributed by atoms with E-state index < -0.39 is 24.2 Å². The van der Waals surface area contributed by atoms with E-state index in [1.54, 1.807) is 0 Å². The molecule has 1 rings (SSSR count). The van der Waals surface area contributed by atoms with Gasteiger partial charge in [0.15, 0.2) is 0 Å². The second kappa shape index (κ2) is 5.92. The molecule has 1 aliphatic rings. The summed E-state index contributed by atoms with van der Waals surface area (Å²) in [6.45, 7) is 4.69. The molecule has 118 valence electrons. The molecule has 0 spiro atoms. The average molecular weight is 295 g/mol. The number of esters is 1. The van der Waals surface area contributed by atoms with Crippen LogP contribution in [0.15, 0.2) is 0 Å². The van der Waals surface area contributed by atoms with E-state index in [0.717, 1.165) is 19.3 Å². The van der Waals surface area contributed by atoms with Gasteiger partial charge in [0.05, 0.1) is 13.7 Å². The Bertz CT molecular complexity index is 349. The molecule has 1 saturated carbocycles. The van der Waals surface area contributed by atoms with E-state index in [4.69, 9.17) is 4.74 Å². The number of nitrogens with one attached hydrogen (secondary N) is 1. The van der Waals surface area contributed by atoms with Crippen molar-refractivity contribution in [1.29, 1.82) is 0 Å². The Kier molecular flexibility index (Phi) is 5.11. The molecule has 0 aromatic carbocycles. The Balaban J connectivity index is 3.09. The van der Waals surface area contributed by atoms with Crippen molar-refractivity contribution in [3.63, 3.8) is 0 Å². The standard InChI is InChI=1S/C14H24F3NO2/c1-12(2,3)10-7-5-6-8-13(10,11(19)20-4)18-9-14(15,16)17/h10,18H,5-9H2,1-4H3. The molecule has 0 aromatic rings. The molecule has 1 aliphatic carbocycles. The first-order valence-electron chi connectivity index (χ1n) is 6.93. The summed E-state index contributed by atoms with van der Waals surface area (Å²) in [6, 6.07) is 0. The molecular weight excluding hydrogens is 271 g/mol. The van der Waals surface area contributed by atoms with E-state index in [2.05, 4.69) is 5.32 Å². The molecule has 3 nitrogen and oxygen atoms in total. The van der Waals surface area contributed by atoms with Gasteiger partial charge in [-0.3, -0.25) is 10.1 Å². The fraction of sp³-hybridized carbons (Fsp3) is 0.929. The van der Waals surface area contributed by atoms with E-state index in [1.807, 2.05) is 20.8 Å². The number of hydrogen-bond acceptors (Lipinski definition) is 3. The van der Waals surface area contributed by atoms with Crippen molar-refractivity contribution < 1.29 is 22.7 Å². The molecular formula is C14H24F3NO2. The van der Waals surface area contributed by atoms with Crippen LogP contribution < -0.4 is 5.32 Å². The summed E-state index contributed by atoms with van der Waals surface area (Å²) in [5, 5.41) is 2.48. The monoisotopic (exact) mass is 295 g/mol. The molecule has 1 N–H and O–H groups in total. The van der Waals surface area contributed by atoms with Gasteiger partial charge >= 0.3 is 12.1 Å². The summed E-state index contributed by atoms with van der Waals surface area (Å²) in [4.78, 5) is 12.2. The minimum Gasteiger partial charge on any atom is -0.468 e. The minimum atomic E-state index is -4.35. The Hall–Kier alpha value is -0.780. The molecule has 0 bridgehead atoms. The lowest BCUT2D eigenvalue weighted by Crippen LogP contribution is -2.63. The highest BCUT2D eigenvalue weighted by Gasteiger charge is 2.53. The number of alkyl halides is 3. The van der Waals surface area contributed by atoms with Crippen molar-refractivity contribution in [1.82, 2.24) is 5.32 Å². The highest BCUT2D eigenvalue weighted by molar-refractivity contribution is 5.81. The van der Waals surface area contributed by atoms with Gasteiger partial charge in [-0.15, -0.1) is 0 Å². The molecule has 2 unspecified atom stereocenters. The van der Waals surface area contributed by atoms with E-state index >= 15 is 0 Å². The van der Waals surface area contributed by atoms with Crippen molar-refractivity contribution >= 4 is 5.97 Å². The number of rotatable bonds is 3. The lowest BCUT2D eigenvalue weighted by molar-refractivity contribution is -0.162. The maximum absolute atomic E-state index is 12.6. The summed E-state index contributed by atoms with van der Waals surface area (Å²) < 4.78 is 42.5. The van der Waals surface area contributed by atoms with Gasteiger partial charge in [-0.05, 0) is 24.2 Å². The third-order valence-corrected chi connectivity index (χ3v) is 4.11. The van der Waals surface area contributed by atoms with Gasteiger partial charge < -0.3 is 4.74 Å². The summed E-state index contributed by atoms with van der Waals surface area (Å²) in [5.74, 6) is -0.764. The molecule has 0 heterocycles. The second-order valence-electron chi connectivity index (χ2n) is 6.60. The van der Waals surface area contributed by atoms with Crippen LogP contribution in [0.3, 0.4) is 0 Å². The van der Waals surface area contributed by atoms with Gasteiger partial charge in [0.2, 0.25) is 0 Å². The highest BCUT2D eigenvalue weighted by Crippen LogP contribution is 2.45. The van der Waals surface area contributed by atoms with Crippen molar-refractivity contribution in [2.45, 2.75) is 58.2 Å². The van der Waals surface area contributed by atoms with E-state index in [-0.39, 0.29) is 11.3 Å². The smallest absolute Gasteiger partial charge is 0.401 e. The molecule has 20 heavy (non-hydrogen) atoms. The zero-order valence-electron chi connectivity index (χ0n) is 12.6. The van der Waals surface area contributed by atoms with Crippen LogP contribution in [0.2, 0.25) is 0 Å². The molecule has 0 radical (unpaired) electrons. The number of hydrogen-bond donors (Lipinski definition) is 1. The molecule has 0 aromatic heterocycles. The third-order valence-electron chi connectivity index (χ3n) is 4.11. The Morgan fingerprint density at radius 3 is 2.35 bits per heavy atom. The maximum atomic E-state index is 12.6. The molecule has 6 heteroatoms. The van der Waals surface area contributed by atoms with Crippen molar-refractivity contribution in [2.75, 3.05) is 13.7 Å². The van der Waals surface area contributed by atoms with E-state index in [9.17, 15) is 18.0 Å². The lowest BCUT2D eigenvalue weighted by atomic mass is 9.62. The molecule has 1 fully saturated rings. The summed E-state index contributed by atoms with van der Waals surface area (Å²) in [7, 11) is 1.23. The van der Waals surface area contributed by atoms with Gasteiger partial charge in [-0.25, -0.2) is 0 Å². The highest BCUT2D eigenvalue weighted by atomic mass is 19.4. The molecule has 2 atom stereocenters. The zero-order chi connectivity index (χ0) is 15.6. The first-order valence-corrected chi connectivity index (χ1v) is 6.93. The summed E-state index contributed by atoms with van der Waals surface area (Å²) >= 11 is 0. The van der Waals surface area contributed by atoms with Gasteiger partial charge in [0, 0.05) is 0 Å². The van der Waals surface area contributed by atoms with Crippen molar-refractivity contribution in [3.05, 3.63) is 0 Å². The summed E-state index contributed by atoms with van der Waals surface area (Å²) in [5.41, 5.74) is -1.51. The third kappa shape index (κ3) is 3.87. The normalized spacial score (nSPS) is 28.2. The number of carbonyl (C=O) groups excluding carboxylic acids is 1. The van der Waals surface area contributed by atoms with Crippen LogP contribution in [0, 0.1) is 11.3 Å². The SMILES string of the molecule is COC(=O)C1(NCC(F)(F)F)CCCCC1C(C)(C)C. The first-order chi connectivity index (χ1) is 9.03. The lowest BCUT2D eigenvalue weighted by Gasteiger charge is -2.48. The number of ether oxygens (including phenoxy) is 1. The van der Waals surface area contributed by atoms with Crippen molar-refractivity contribution in [3.8, 4) is 0 Å². The Labute approximate surface area is 118 Å². The quantitative estimate of drug-likeness (QED) is 0.812. The van der Waals surface area contributed by atoms with E-state index in [0.29, 0.717) is 6.42 Å². The zero-order valence-corrected chi connectivity index (χ0v) is 12.6. The molecule has 0 amide bonds. The van der Waals surface area contributed by atoms with Crippen LogP contribution in [0.1, 0.15) is 46.5 Å². The fourth-order valence-electron chi connectivity index (χ4n) is 3.31.